The zero-order chi connectivity index (χ0) is 22.0. The molecule has 1 unspecified atom stereocenters. The van der Waals surface area contributed by atoms with E-state index in [9.17, 15) is 4.79 Å². The van der Waals surface area contributed by atoms with E-state index in [4.69, 9.17) is 23.2 Å². The Morgan fingerprint density at radius 1 is 1.42 bits per heavy atom. The van der Waals surface area contributed by atoms with E-state index in [0.29, 0.717) is 27.4 Å². The van der Waals surface area contributed by atoms with Crippen LogP contribution < -0.4 is 5.32 Å². The third-order valence-corrected chi connectivity index (χ3v) is 7.79. The lowest BCUT2D eigenvalue weighted by atomic mass is 9.88. The molecule has 162 valence electrons. The van der Waals surface area contributed by atoms with Crippen molar-refractivity contribution < 1.29 is 4.79 Å². The highest BCUT2D eigenvalue weighted by Crippen LogP contribution is 2.38. The Morgan fingerprint density at radius 2 is 2.26 bits per heavy atom. The molecule has 2 heterocycles. The summed E-state index contributed by atoms with van der Waals surface area (Å²) in [5.41, 5.74) is 3.04. The molecule has 0 spiro atoms. The molecule has 1 amide bonds. The number of hydrogen-bond donors (Lipinski definition) is 1. The molecule has 1 aliphatic carbocycles. The summed E-state index contributed by atoms with van der Waals surface area (Å²) in [5.74, 6) is 1.55. The van der Waals surface area contributed by atoms with E-state index in [2.05, 4.69) is 34.4 Å². The average molecular weight is 493 g/mol. The molecule has 5 nitrogen and oxygen atoms in total. The average Bonchev–Trinajstić information content (AvgIpc) is 3.32. The van der Waals surface area contributed by atoms with Gasteiger partial charge >= 0.3 is 0 Å². The van der Waals surface area contributed by atoms with Gasteiger partial charge < -0.3 is 5.32 Å². The largest absolute Gasteiger partial charge is 0.324 e. The molecule has 9 heteroatoms. The van der Waals surface area contributed by atoms with Crippen molar-refractivity contribution in [1.29, 1.82) is 0 Å². The number of hydrogen-bond acceptors (Lipinski definition) is 5. The number of carbonyl (C=O) groups excluding carboxylic acids is 1. The van der Waals surface area contributed by atoms with Gasteiger partial charge in [0.2, 0.25) is 5.91 Å². The third kappa shape index (κ3) is 5.00. The second kappa shape index (κ2) is 9.77. The summed E-state index contributed by atoms with van der Waals surface area (Å²) in [4.78, 5) is 13.9. The predicted molar refractivity (Wildman–Crippen MR) is 131 cm³/mol. The minimum Gasteiger partial charge on any atom is -0.324 e. The lowest BCUT2D eigenvalue weighted by Crippen LogP contribution is -2.15. The first-order chi connectivity index (χ1) is 15.0. The summed E-state index contributed by atoms with van der Waals surface area (Å²) in [7, 11) is 0. The molecule has 0 radical (unpaired) electrons. The van der Waals surface area contributed by atoms with Gasteiger partial charge in [0, 0.05) is 27.4 Å². The van der Waals surface area contributed by atoms with Gasteiger partial charge in [-0.2, -0.15) is 0 Å². The van der Waals surface area contributed by atoms with Crippen molar-refractivity contribution in [2.45, 2.75) is 37.9 Å². The number of anilines is 1. The zero-order valence-electron chi connectivity index (χ0n) is 17.0. The Hall–Kier alpha value is -1.80. The van der Waals surface area contributed by atoms with E-state index in [-0.39, 0.29) is 11.7 Å². The highest BCUT2D eigenvalue weighted by Gasteiger charge is 2.24. The van der Waals surface area contributed by atoms with Crippen molar-refractivity contribution in [2.75, 3.05) is 11.1 Å². The van der Waals surface area contributed by atoms with Crippen molar-refractivity contribution in [3.05, 3.63) is 56.7 Å². The number of aromatic nitrogens is 3. The number of amides is 1. The van der Waals surface area contributed by atoms with Crippen molar-refractivity contribution in [1.82, 2.24) is 14.8 Å². The molecule has 2 aromatic heterocycles. The molecule has 0 saturated heterocycles. The second-order valence-electron chi connectivity index (χ2n) is 7.57. The Bertz CT molecular complexity index is 1120. The Balaban J connectivity index is 1.51. The molecule has 0 bridgehead atoms. The number of carbonyl (C=O) groups is 1. The molecule has 1 aliphatic rings. The normalized spacial score (nSPS) is 15.5. The molecule has 3 aromatic rings. The maximum absolute atomic E-state index is 12.5. The fourth-order valence-corrected chi connectivity index (χ4v) is 5.99. The molecule has 1 aromatic carbocycles. The SMILES string of the molecule is C=CCn1c(SCC(=O)Nc2cc(Cl)ccc2Cl)nnc1-c1csc2c1CCC(C)C2. The predicted octanol–water partition coefficient (Wildman–Crippen LogP) is 6.36. The highest BCUT2D eigenvalue weighted by atomic mass is 35.5. The summed E-state index contributed by atoms with van der Waals surface area (Å²) in [6.45, 7) is 6.76. The monoisotopic (exact) mass is 492 g/mol. The van der Waals surface area contributed by atoms with E-state index < -0.39 is 0 Å². The number of benzene rings is 1. The second-order valence-corrected chi connectivity index (χ2v) is 10.3. The van der Waals surface area contributed by atoms with Gasteiger partial charge in [-0.05, 0) is 48.9 Å². The number of halogens is 2. The van der Waals surface area contributed by atoms with E-state index in [1.807, 2.05) is 22.0 Å². The topological polar surface area (TPSA) is 59.8 Å². The standard InChI is InChI=1S/C22H22Cl2N4OS2/c1-3-8-28-21(16-11-30-19-9-13(2)4-6-15(16)19)26-27-22(28)31-12-20(29)25-18-10-14(23)5-7-17(18)24/h3,5,7,10-11,13H,1,4,6,8-9,12H2,2H3,(H,25,29). The third-order valence-electron chi connectivity index (χ3n) is 5.21. The minimum absolute atomic E-state index is 0.178. The van der Waals surface area contributed by atoms with Crippen LogP contribution in [0, 0.1) is 5.92 Å². The van der Waals surface area contributed by atoms with Crippen LogP contribution in [0.15, 0.2) is 41.4 Å². The number of allylic oxidation sites excluding steroid dienone is 1. The van der Waals surface area contributed by atoms with Crippen LogP contribution in [-0.2, 0) is 24.2 Å². The fourth-order valence-electron chi connectivity index (χ4n) is 3.66. The Morgan fingerprint density at radius 3 is 3.06 bits per heavy atom. The fraction of sp³-hybridized carbons (Fsp3) is 0.318. The zero-order valence-corrected chi connectivity index (χ0v) is 20.2. The number of fused-ring (bicyclic) bond motifs is 1. The van der Waals surface area contributed by atoms with Crippen LogP contribution in [-0.4, -0.2) is 26.4 Å². The molecule has 1 atom stereocenters. The van der Waals surface area contributed by atoms with E-state index in [1.165, 1.54) is 28.6 Å². The van der Waals surface area contributed by atoms with Gasteiger partial charge in [0.1, 0.15) is 0 Å². The summed E-state index contributed by atoms with van der Waals surface area (Å²) in [6, 6.07) is 4.96. The quantitative estimate of drug-likeness (QED) is 0.308. The van der Waals surface area contributed by atoms with E-state index in [1.54, 1.807) is 18.2 Å². The van der Waals surface area contributed by atoms with Gasteiger partial charge in [-0.1, -0.05) is 48.0 Å². The molecule has 1 N–H and O–H groups in total. The lowest BCUT2D eigenvalue weighted by molar-refractivity contribution is -0.113. The molecule has 4 rings (SSSR count). The molecular weight excluding hydrogens is 471 g/mol. The number of nitrogens with zero attached hydrogens (tertiary/aromatic N) is 3. The van der Waals surface area contributed by atoms with E-state index in [0.717, 1.165) is 30.1 Å². The summed E-state index contributed by atoms with van der Waals surface area (Å²) in [5, 5.41) is 15.5. The van der Waals surface area contributed by atoms with Gasteiger partial charge in [-0.25, -0.2) is 0 Å². The van der Waals surface area contributed by atoms with Crippen molar-refractivity contribution in [3.8, 4) is 11.4 Å². The first-order valence-electron chi connectivity index (χ1n) is 9.97. The molecular formula is C22H22Cl2N4OS2. The molecule has 0 fully saturated rings. The van der Waals surface area contributed by atoms with Crippen LogP contribution in [0.5, 0.6) is 0 Å². The number of thioether (sulfide) groups is 1. The van der Waals surface area contributed by atoms with Gasteiger partial charge in [0.15, 0.2) is 11.0 Å². The molecule has 31 heavy (non-hydrogen) atoms. The first-order valence-corrected chi connectivity index (χ1v) is 12.6. The van der Waals surface area contributed by atoms with Crippen LogP contribution in [0.3, 0.4) is 0 Å². The van der Waals surface area contributed by atoms with Crippen LogP contribution in [0.2, 0.25) is 10.0 Å². The number of rotatable bonds is 7. The van der Waals surface area contributed by atoms with Gasteiger partial charge in [0.05, 0.1) is 16.5 Å². The van der Waals surface area contributed by atoms with Gasteiger partial charge in [0.25, 0.3) is 0 Å². The summed E-state index contributed by atoms with van der Waals surface area (Å²) in [6.07, 6.45) is 5.22. The summed E-state index contributed by atoms with van der Waals surface area (Å²) >= 11 is 15.3. The van der Waals surface area contributed by atoms with Crippen LogP contribution in [0.4, 0.5) is 5.69 Å². The van der Waals surface area contributed by atoms with Crippen molar-refractivity contribution in [3.63, 3.8) is 0 Å². The van der Waals surface area contributed by atoms with E-state index >= 15 is 0 Å². The first kappa shape index (κ1) is 22.4. The molecule has 0 saturated carbocycles. The van der Waals surface area contributed by atoms with Gasteiger partial charge in [-0.3, -0.25) is 9.36 Å². The Labute approximate surface area is 199 Å². The van der Waals surface area contributed by atoms with Crippen molar-refractivity contribution >= 4 is 57.9 Å². The Kier molecular flexibility index (Phi) is 7.06. The maximum atomic E-state index is 12.5. The lowest BCUT2D eigenvalue weighted by Gasteiger charge is -2.19. The minimum atomic E-state index is -0.189. The van der Waals surface area contributed by atoms with Crippen LogP contribution in [0.25, 0.3) is 11.4 Å². The number of nitrogens with one attached hydrogen (secondary N) is 1. The number of thiophene rings is 1. The highest BCUT2D eigenvalue weighted by molar-refractivity contribution is 7.99. The van der Waals surface area contributed by atoms with Gasteiger partial charge in [-0.15, -0.1) is 28.1 Å². The van der Waals surface area contributed by atoms with Crippen LogP contribution >= 0.6 is 46.3 Å². The summed E-state index contributed by atoms with van der Waals surface area (Å²) < 4.78 is 2.03. The van der Waals surface area contributed by atoms with Crippen molar-refractivity contribution in [2.24, 2.45) is 5.92 Å². The smallest absolute Gasteiger partial charge is 0.234 e. The molecule has 0 aliphatic heterocycles. The van der Waals surface area contributed by atoms with Crippen LogP contribution in [0.1, 0.15) is 23.8 Å². The maximum Gasteiger partial charge on any atom is 0.234 e.